The zero-order chi connectivity index (χ0) is 9.68. The van der Waals surface area contributed by atoms with Crippen LogP contribution in [0.4, 0.5) is 0 Å². The van der Waals surface area contributed by atoms with Crippen LogP contribution >= 0.6 is 0 Å². The van der Waals surface area contributed by atoms with Crippen LogP contribution in [0.15, 0.2) is 12.3 Å². The van der Waals surface area contributed by atoms with Gasteiger partial charge < -0.3 is 15.2 Å². The smallest absolute Gasteiger partial charge is 0.331 e. The highest BCUT2D eigenvalue weighted by Crippen LogP contribution is 2.25. The maximum absolute atomic E-state index is 10.6. The second-order valence-corrected chi connectivity index (χ2v) is 3.26. The normalized spacial score (nSPS) is 26.9. The molecule has 1 aliphatic carbocycles. The third-order valence-electron chi connectivity index (χ3n) is 2.16. The summed E-state index contributed by atoms with van der Waals surface area (Å²) in [6, 6.07) is 0. The molecule has 0 spiro atoms. The van der Waals surface area contributed by atoms with Crippen LogP contribution in [0.1, 0.15) is 12.8 Å². The summed E-state index contributed by atoms with van der Waals surface area (Å²) < 4.78 is 4.41. The third-order valence-corrected chi connectivity index (χ3v) is 2.16. The van der Waals surface area contributed by atoms with Gasteiger partial charge in [0.1, 0.15) is 0 Å². The van der Waals surface area contributed by atoms with Gasteiger partial charge in [0, 0.05) is 18.8 Å². The van der Waals surface area contributed by atoms with Gasteiger partial charge in [-0.2, -0.15) is 0 Å². The number of carbonyl (C=O) groups is 1. The van der Waals surface area contributed by atoms with Crippen LogP contribution in [0.2, 0.25) is 0 Å². The van der Waals surface area contributed by atoms with Crippen molar-refractivity contribution in [3.63, 3.8) is 0 Å². The number of esters is 1. The minimum Gasteiger partial charge on any atom is -0.466 e. The number of aliphatic hydroxyl groups excluding tert-OH is 1. The molecule has 0 amide bonds. The van der Waals surface area contributed by atoms with Gasteiger partial charge in [-0.15, -0.1) is 0 Å². The van der Waals surface area contributed by atoms with Crippen molar-refractivity contribution in [1.82, 2.24) is 5.32 Å². The van der Waals surface area contributed by atoms with Gasteiger partial charge in [-0.25, -0.2) is 4.79 Å². The zero-order valence-electron chi connectivity index (χ0n) is 7.69. The Balaban J connectivity index is 2.01. The van der Waals surface area contributed by atoms with Crippen molar-refractivity contribution in [2.24, 2.45) is 5.92 Å². The third kappa shape index (κ3) is 3.46. The van der Waals surface area contributed by atoms with Crippen molar-refractivity contribution in [1.29, 1.82) is 0 Å². The monoisotopic (exact) mass is 185 g/mol. The van der Waals surface area contributed by atoms with Gasteiger partial charge in [0.2, 0.25) is 0 Å². The Morgan fingerprint density at radius 2 is 2.38 bits per heavy atom. The SMILES string of the molecule is COC(=O)/C=C/NCC1CC(O)C1. The first-order valence-corrected chi connectivity index (χ1v) is 4.38. The Labute approximate surface area is 77.6 Å². The zero-order valence-corrected chi connectivity index (χ0v) is 7.69. The van der Waals surface area contributed by atoms with Crippen molar-refractivity contribution in [2.75, 3.05) is 13.7 Å². The first-order valence-electron chi connectivity index (χ1n) is 4.38. The Morgan fingerprint density at radius 3 is 2.92 bits per heavy atom. The maximum Gasteiger partial charge on any atom is 0.331 e. The van der Waals surface area contributed by atoms with Crippen LogP contribution in [0.25, 0.3) is 0 Å². The predicted octanol–water partition coefficient (Wildman–Crippen LogP) is 0.0336. The van der Waals surface area contributed by atoms with Crippen molar-refractivity contribution >= 4 is 5.97 Å². The first kappa shape index (κ1) is 10.1. The van der Waals surface area contributed by atoms with E-state index in [0.717, 1.165) is 19.4 Å². The molecule has 4 nitrogen and oxygen atoms in total. The van der Waals surface area contributed by atoms with E-state index in [4.69, 9.17) is 5.11 Å². The van der Waals surface area contributed by atoms with Gasteiger partial charge in [-0.1, -0.05) is 0 Å². The molecule has 0 aromatic rings. The van der Waals surface area contributed by atoms with E-state index in [1.165, 1.54) is 13.2 Å². The summed E-state index contributed by atoms with van der Waals surface area (Å²) in [6.07, 6.45) is 4.53. The largest absolute Gasteiger partial charge is 0.466 e. The van der Waals surface area contributed by atoms with Crippen molar-refractivity contribution in [3.05, 3.63) is 12.3 Å². The van der Waals surface area contributed by atoms with Gasteiger partial charge >= 0.3 is 5.97 Å². The molecule has 74 valence electrons. The topological polar surface area (TPSA) is 58.6 Å². The number of rotatable bonds is 4. The standard InChI is InChI=1S/C9H15NO3/c1-13-9(12)2-3-10-6-7-4-8(11)5-7/h2-3,7-8,10-11H,4-6H2,1H3/b3-2+. The molecule has 0 radical (unpaired) electrons. The lowest BCUT2D eigenvalue weighted by atomic mass is 9.82. The summed E-state index contributed by atoms with van der Waals surface area (Å²) in [5, 5.41) is 12.0. The number of hydrogen-bond acceptors (Lipinski definition) is 4. The molecule has 1 saturated carbocycles. The number of carbonyl (C=O) groups excluding carboxylic acids is 1. The average Bonchev–Trinajstić information content (AvgIpc) is 2.08. The molecular weight excluding hydrogens is 170 g/mol. The molecule has 1 aliphatic rings. The average molecular weight is 185 g/mol. The number of hydrogen-bond donors (Lipinski definition) is 2. The highest BCUT2D eigenvalue weighted by atomic mass is 16.5. The molecule has 0 unspecified atom stereocenters. The quantitative estimate of drug-likeness (QED) is 0.479. The molecule has 0 aliphatic heterocycles. The van der Waals surface area contributed by atoms with Crippen LogP contribution < -0.4 is 5.32 Å². The molecule has 2 N–H and O–H groups in total. The number of nitrogens with one attached hydrogen (secondary N) is 1. The highest BCUT2D eigenvalue weighted by molar-refractivity contribution is 5.81. The van der Waals surface area contributed by atoms with Crippen molar-refractivity contribution < 1.29 is 14.6 Å². The molecule has 0 saturated heterocycles. The molecule has 13 heavy (non-hydrogen) atoms. The van der Waals surface area contributed by atoms with E-state index in [1.54, 1.807) is 6.20 Å². The lowest BCUT2D eigenvalue weighted by Crippen LogP contribution is -2.34. The maximum atomic E-state index is 10.6. The van der Waals surface area contributed by atoms with E-state index in [0.29, 0.717) is 5.92 Å². The lowest BCUT2D eigenvalue weighted by Gasteiger charge is -2.31. The number of methoxy groups -OCH3 is 1. The van der Waals surface area contributed by atoms with Gasteiger partial charge in [0.05, 0.1) is 13.2 Å². The molecule has 4 heteroatoms. The van der Waals surface area contributed by atoms with Gasteiger partial charge in [0.25, 0.3) is 0 Å². The van der Waals surface area contributed by atoms with E-state index in [-0.39, 0.29) is 12.1 Å². The molecular formula is C9H15NO3. The Hall–Kier alpha value is -1.03. The van der Waals surface area contributed by atoms with Crippen LogP contribution in [0.3, 0.4) is 0 Å². The van der Waals surface area contributed by atoms with Crippen LogP contribution in [0, 0.1) is 5.92 Å². The summed E-state index contributed by atoms with van der Waals surface area (Å²) in [6.45, 7) is 0.810. The van der Waals surface area contributed by atoms with Crippen LogP contribution in [0.5, 0.6) is 0 Å². The van der Waals surface area contributed by atoms with Gasteiger partial charge in [-0.05, 0) is 18.8 Å². The molecule has 1 rings (SSSR count). The summed E-state index contributed by atoms with van der Waals surface area (Å²) in [5.41, 5.74) is 0. The van der Waals surface area contributed by atoms with Crippen molar-refractivity contribution in [3.8, 4) is 0 Å². The van der Waals surface area contributed by atoms with Gasteiger partial charge in [-0.3, -0.25) is 0 Å². The first-order chi connectivity index (χ1) is 6.22. The predicted molar refractivity (Wildman–Crippen MR) is 47.9 cm³/mol. The minimum absolute atomic E-state index is 0.114. The molecule has 0 atom stereocenters. The fraction of sp³-hybridized carbons (Fsp3) is 0.667. The fourth-order valence-electron chi connectivity index (χ4n) is 1.30. The fourth-order valence-corrected chi connectivity index (χ4v) is 1.30. The Morgan fingerprint density at radius 1 is 1.69 bits per heavy atom. The molecule has 0 aromatic carbocycles. The lowest BCUT2D eigenvalue weighted by molar-refractivity contribution is -0.134. The Bertz CT molecular complexity index is 197. The molecule has 0 aromatic heterocycles. The second-order valence-electron chi connectivity index (χ2n) is 3.26. The van der Waals surface area contributed by atoms with Crippen LogP contribution in [-0.4, -0.2) is 30.8 Å². The number of ether oxygens (including phenoxy) is 1. The van der Waals surface area contributed by atoms with Crippen molar-refractivity contribution in [2.45, 2.75) is 18.9 Å². The summed E-state index contributed by atoms with van der Waals surface area (Å²) in [7, 11) is 1.34. The summed E-state index contributed by atoms with van der Waals surface area (Å²) in [5.74, 6) is 0.179. The van der Waals surface area contributed by atoms with E-state index in [9.17, 15) is 4.79 Å². The van der Waals surface area contributed by atoms with E-state index in [1.807, 2.05) is 0 Å². The van der Waals surface area contributed by atoms with E-state index >= 15 is 0 Å². The molecule has 1 fully saturated rings. The second kappa shape index (κ2) is 4.87. The Kier molecular flexibility index (Phi) is 3.76. The van der Waals surface area contributed by atoms with E-state index in [2.05, 4.69) is 10.1 Å². The highest BCUT2D eigenvalue weighted by Gasteiger charge is 2.26. The van der Waals surface area contributed by atoms with Crippen LogP contribution in [-0.2, 0) is 9.53 Å². The number of aliphatic hydroxyl groups is 1. The summed E-state index contributed by atoms with van der Waals surface area (Å²) in [4.78, 5) is 10.6. The van der Waals surface area contributed by atoms with E-state index < -0.39 is 0 Å². The molecule has 0 bridgehead atoms. The summed E-state index contributed by atoms with van der Waals surface area (Å²) >= 11 is 0. The van der Waals surface area contributed by atoms with Gasteiger partial charge in [0.15, 0.2) is 0 Å². The molecule has 0 heterocycles. The minimum atomic E-state index is -0.360.